The van der Waals surface area contributed by atoms with E-state index < -0.39 is 40.0 Å². The van der Waals surface area contributed by atoms with Gasteiger partial charge in [0.05, 0.1) is 17.1 Å². The summed E-state index contributed by atoms with van der Waals surface area (Å²) in [6.45, 7) is 1.02. The quantitative estimate of drug-likeness (QED) is 0.712. The van der Waals surface area contributed by atoms with Gasteiger partial charge in [-0.3, -0.25) is 0 Å². The standard InChI is InChI=1S/C10H12FNO5S/c1-6(5-13)12-18(16,17)7-2-3-9(11)8(4-7)10(14)15/h2-4,6,12-13H,5H2,1H3,(H,14,15)/t6-/m0/s1. The molecule has 8 heteroatoms. The number of sulfonamides is 1. The lowest BCUT2D eigenvalue weighted by atomic mass is 10.2. The first-order valence-electron chi connectivity index (χ1n) is 4.94. The molecule has 18 heavy (non-hydrogen) atoms. The minimum absolute atomic E-state index is 0.374. The Balaban J connectivity index is 3.18. The molecule has 6 nitrogen and oxygen atoms in total. The Labute approximate surface area is 103 Å². The largest absolute Gasteiger partial charge is 0.478 e. The number of rotatable bonds is 5. The van der Waals surface area contributed by atoms with E-state index in [1.54, 1.807) is 0 Å². The van der Waals surface area contributed by atoms with E-state index in [4.69, 9.17) is 10.2 Å². The number of hydrogen-bond donors (Lipinski definition) is 3. The molecule has 0 heterocycles. The molecule has 0 radical (unpaired) electrons. The Morgan fingerprint density at radius 1 is 1.50 bits per heavy atom. The van der Waals surface area contributed by atoms with Crippen molar-refractivity contribution in [1.82, 2.24) is 4.72 Å². The van der Waals surface area contributed by atoms with Gasteiger partial charge in [-0.1, -0.05) is 0 Å². The zero-order valence-corrected chi connectivity index (χ0v) is 10.2. The van der Waals surface area contributed by atoms with Crippen molar-refractivity contribution in [3.05, 3.63) is 29.6 Å². The van der Waals surface area contributed by atoms with Crippen molar-refractivity contribution >= 4 is 16.0 Å². The highest BCUT2D eigenvalue weighted by atomic mass is 32.2. The lowest BCUT2D eigenvalue weighted by Gasteiger charge is -2.12. The third-order valence-corrected chi connectivity index (χ3v) is 3.70. The first-order chi connectivity index (χ1) is 8.27. The van der Waals surface area contributed by atoms with Crippen molar-refractivity contribution in [3.63, 3.8) is 0 Å². The van der Waals surface area contributed by atoms with E-state index in [2.05, 4.69) is 4.72 Å². The lowest BCUT2D eigenvalue weighted by Crippen LogP contribution is -2.35. The zero-order valence-electron chi connectivity index (χ0n) is 9.42. The first-order valence-corrected chi connectivity index (χ1v) is 6.42. The van der Waals surface area contributed by atoms with Gasteiger partial charge in [0.2, 0.25) is 10.0 Å². The summed E-state index contributed by atoms with van der Waals surface area (Å²) in [4.78, 5) is 10.3. The number of carbonyl (C=O) groups is 1. The monoisotopic (exact) mass is 277 g/mol. The molecule has 0 spiro atoms. The molecule has 1 aromatic rings. The number of aliphatic hydroxyl groups is 1. The predicted molar refractivity (Wildman–Crippen MR) is 60.2 cm³/mol. The number of aliphatic hydroxyl groups excluding tert-OH is 1. The van der Waals surface area contributed by atoms with Gasteiger partial charge in [-0.05, 0) is 25.1 Å². The molecule has 0 aliphatic rings. The van der Waals surface area contributed by atoms with Crippen LogP contribution in [0.3, 0.4) is 0 Å². The van der Waals surface area contributed by atoms with Crippen LogP contribution in [0.25, 0.3) is 0 Å². The Morgan fingerprint density at radius 2 is 2.11 bits per heavy atom. The van der Waals surface area contributed by atoms with Crippen LogP contribution in [0.4, 0.5) is 4.39 Å². The number of nitrogens with one attached hydrogen (secondary N) is 1. The molecule has 0 saturated carbocycles. The maximum absolute atomic E-state index is 13.1. The second-order valence-corrected chi connectivity index (χ2v) is 5.37. The van der Waals surface area contributed by atoms with Gasteiger partial charge in [0.1, 0.15) is 5.82 Å². The van der Waals surface area contributed by atoms with Crippen LogP contribution in [0, 0.1) is 5.82 Å². The summed E-state index contributed by atoms with van der Waals surface area (Å²) in [5.74, 6) is -2.57. The number of carboxylic acids is 1. The molecule has 0 unspecified atom stereocenters. The molecular formula is C10H12FNO5S. The van der Waals surface area contributed by atoms with Gasteiger partial charge in [-0.2, -0.15) is 0 Å². The molecule has 100 valence electrons. The number of hydrogen-bond acceptors (Lipinski definition) is 4. The van der Waals surface area contributed by atoms with E-state index in [1.807, 2.05) is 0 Å². The average molecular weight is 277 g/mol. The number of benzene rings is 1. The smallest absolute Gasteiger partial charge is 0.338 e. The van der Waals surface area contributed by atoms with E-state index in [0.29, 0.717) is 0 Å². The van der Waals surface area contributed by atoms with Crippen LogP contribution in [0.15, 0.2) is 23.1 Å². The summed E-state index contributed by atoms with van der Waals surface area (Å²) in [7, 11) is -3.98. The van der Waals surface area contributed by atoms with E-state index in [1.165, 1.54) is 6.92 Å². The van der Waals surface area contributed by atoms with Gasteiger partial charge >= 0.3 is 5.97 Å². The van der Waals surface area contributed by atoms with E-state index in [-0.39, 0.29) is 4.90 Å². The third kappa shape index (κ3) is 3.25. The Hall–Kier alpha value is -1.51. The van der Waals surface area contributed by atoms with Crippen LogP contribution in [0.5, 0.6) is 0 Å². The second kappa shape index (κ2) is 5.42. The van der Waals surface area contributed by atoms with Crippen molar-refractivity contribution in [3.8, 4) is 0 Å². The highest BCUT2D eigenvalue weighted by Crippen LogP contribution is 2.15. The summed E-state index contributed by atoms with van der Waals surface area (Å²) in [6, 6.07) is 1.72. The number of aromatic carboxylic acids is 1. The highest BCUT2D eigenvalue weighted by Gasteiger charge is 2.20. The van der Waals surface area contributed by atoms with Gasteiger partial charge in [0.25, 0.3) is 0 Å². The minimum atomic E-state index is -3.98. The number of halogens is 1. The Kier molecular flexibility index (Phi) is 4.38. The fourth-order valence-corrected chi connectivity index (χ4v) is 2.47. The molecule has 0 aliphatic heterocycles. The fraction of sp³-hybridized carbons (Fsp3) is 0.300. The SMILES string of the molecule is C[C@@H](CO)NS(=O)(=O)c1ccc(F)c(C(=O)O)c1. The average Bonchev–Trinajstić information content (AvgIpc) is 2.28. The summed E-state index contributed by atoms with van der Waals surface area (Å²) in [6.07, 6.45) is 0. The van der Waals surface area contributed by atoms with Crippen molar-refractivity contribution in [2.45, 2.75) is 17.9 Å². The van der Waals surface area contributed by atoms with Crippen molar-refractivity contribution < 1.29 is 27.8 Å². The first kappa shape index (κ1) is 14.6. The van der Waals surface area contributed by atoms with E-state index in [9.17, 15) is 17.6 Å². The summed E-state index contributed by atoms with van der Waals surface area (Å²) in [5.41, 5.74) is -0.727. The molecule has 1 rings (SSSR count). The van der Waals surface area contributed by atoms with Crippen LogP contribution >= 0.6 is 0 Å². The maximum atomic E-state index is 13.1. The molecule has 0 fully saturated rings. The fourth-order valence-electron chi connectivity index (χ4n) is 1.21. The summed E-state index contributed by atoms with van der Waals surface area (Å²) in [5, 5.41) is 17.4. The van der Waals surface area contributed by atoms with Crippen molar-refractivity contribution in [1.29, 1.82) is 0 Å². The van der Waals surface area contributed by atoms with Gasteiger partial charge < -0.3 is 10.2 Å². The number of carboxylic acid groups (broad SMARTS) is 1. The molecule has 0 saturated heterocycles. The predicted octanol–water partition coefficient (Wildman–Crippen LogP) is 0.183. The highest BCUT2D eigenvalue weighted by molar-refractivity contribution is 7.89. The maximum Gasteiger partial charge on any atom is 0.338 e. The van der Waals surface area contributed by atoms with Gasteiger partial charge in [0, 0.05) is 6.04 Å². The van der Waals surface area contributed by atoms with Gasteiger partial charge in [-0.15, -0.1) is 0 Å². The van der Waals surface area contributed by atoms with E-state index >= 15 is 0 Å². The normalized spacial score (nSPS) is 13.3. The Bertz CT molecular complexity index is 557. The van der Waals surface area contributed by atoms with Crippen LogP contribution in [0.2, 0.25) is 0 Å². The third-order valence-electron chi connectivity index (χ3n) is 2.11. The molecule has 0 bridgehead atoms. The molecule has 0 aromatic heterocycles. The molecule has 3 N–H and O–H groups in total. The molecule has 0 amide bonds. The zero-order chi connectivity index (χ0) is 13.9. The van der Waals surface area contributed by atoms with Crippen molar-refractivity contribution in [2.75, 3.05) is 6.61 Å². The molecule has 0 aliphatic carbocycles. The molecule has 1 aromatic carbocycles. The van der Waals surface area contributed by atoms with E-state index in [0.717, 1.165) is 18.2 Å². The minimum Gasteiger partial charge on any atom is -0.478 e. The molecular weight excluding hydrogens is 265 g/mol. The summed E-state index contributed by atoms with van der Waals surface area (Å²) >= 11 is 0. The lowest BCUT2D eigenvalue weighted by molar-refractivity contribution is 0.0691. The van der Waals surface area contributed by atoms with Crippen LogP contribution in [0.1, 0.15) is 17.3 Å². The molecule has 1 atom stereocenters. The van der Waals surface area contributed by atoms with Crippen LogP contribution in [-0.4, -0.2) is 37.2 Å². The van der Waals surface area contributed by atoms with Gasteiger partial charge in [0.15, 0.2) is 0 Å². The van der Waals surface area contributed by atoms with Crippen LogP contribution < -0.4 is 4.72 Å². The van der Waals surface area contributed by atoms with Gasteiger partial charge in [-0.25, -0.2) is 22.3 Å². The second-order valence-electron chi connectivity index (χ2n) is 3.65. The Morgan fingerprint density at radius 3 is 2.61 bits per heavy atom. The summed E-state index contributed by atoms with van der Waals surface area (Å²) < 4.78 is 38.7. The van der Waals surface area contributed by atoms with Crippen molar-refractivity contribution in [2.24, 2.45) is 0 Å². The topological polar surface area (TPSA) is 104 Å². The van der Waals surface area contributed by atoms with Crippen LogP contribution in [-0.2, 0) is 10.0 Å².